The number of methoxy groups -OCH3 is 1. The van der Waals surface area contributed by atoms with E-state index in [9.17, 15) is 23.2 Å². The lowest BCUT2D eigenvalue weighted by Crippen LogP contribution is -2.38. The van der Waals surface area contributed by atoms with Gasteiger partial charge in [-0.1, -0.05) is 30.0 Å². The number of carbonyl (C=O) groups is 3. The Kier molecular flexibility index (Phi) is 11.2. The van der Waals surface area contributed by atoms with E-state index in [1.165, 1.54) is 42.3 Å². The van der Waals surface area contributed by atoms with Gasteiger partial charge in [-0.15, -0.1) is 0 Å². The molecule has 0 bridgehead atoms. The first-order chi connectivity index (χ1) is 22.6. The van der Waals surface area contributed by atoms with Gasteiger partial charge in [-0.3, -0.25) is 19.4 Å². The molecule has 2 aliphatic rings. The summed E-state index contributed by atoms with van der Waals surface area (Å²) >= 11 is 6.54. The Morgan fingerprint density at radius 1 is 1.04 bits per heavy atom. The summed E-state index contributed by atoms with van der Waals surface area (Å²) in [5.74, 6) is -3.07. The van der Waals surface area contributed by atoms with Gasteiger partial charge in [0.25, 0.3) is 5.91 Å². The highest BCUT2D eigenvalue weighted by Crippen LogP contribution is 2.40. The van der Waals surface area contributed by atoms with E-state index in [1.54, 1.807) is 18.2 Å². The largest absolute Gasteiger partial charge is 0.496 e. The van der Waals surface area contributed by atoms with E-state index in [1.807, 2.05) is 0 Å². The molecule has 2 amide bonds. The normalized spacial score (nSPS) is 16.1. The number of nitrogens with one attached hydrogen (secondary N) is 1. The van der Waals surface area contributed by atoms with E-state index in [0.29, 0.717) is 65.1 Å². The third kappa shape index (κ3) is 8.51. The van der Waals surface area contributed by atoms with Crippen LogP contribution in [0.5, 0.6) is 11.5 Å². The van der Waals surface area contributed by atoms with Crippen molar-refractivity contribution in [2.24, 2.45) is 0 Å². The summed E-state index contributed by atoms with van der Waals surface area (Å²) in [6, 6.07) is 12.6. The number of morpholine rings is 1. The minimum atomic E-state index is -1.08. The number of nitrogens with zero attached hydrogens (tertiary/aromatic N) is 2. The maximum atomic E-state index is 14.2. The number of ether oxygens (including phenoxy) is 3. The van der Waals surface area contributed by atoms with Crippen LogP contribution in [0.2, 0.25) is 0 Å². The number of anilines is 1. The van der Waals surface area contributed by atoms with Crippen molar-refractivity contribution in [1.82, 2.24) is 9.80 Å². The number of halogens is 2. The summed E-state index contributed by atoms with van der Waals surface area (Å²) in [6.07, 6.45) is 1.56. The molecule has 5 rings (SSSR count). The number of benzene rings is 3. The molecule has 0 radical (unpaired) electrons. The number of rotatable bonds is 12. The average molecular weight is 684 g/mol. The van der Waals surface area contributed by atoms with Gasteiger partial charge in [0.15, 0.2) is 11.6 Å². The fraction of sp³-hybridized carbons (Fsp3) is 0.273. The zero-order valence-corrected chi connectivity index (χ0v) is 26.9. The zero-order chi connectivity index (χ0) is 33.5. The van der Waals surface area contributed by atoms with Crippen LogP contribution < -0.4 is 14.8 Å². The van der Waals surface area contributed by atoms with Crippen LogP contribution in [0.15, 0.2) is 59.5 Å². The molecule has 3 aromatic carbocycles. The van der Waals surface area contributed by atoms with Crippen LogP contribution in [0.4, 0.5) is 14.5 Å². The molecule has 2 saturated heterocycles. The predicted octanol–water partition coefficient (Wildman–Crippen LogP) is 5.28. The quantitative estimate of drug-likeness (QED) is 0.193. The van der Waals surface area contributed by atoms with Crippen molar-refractivity contribution in [3.8, 4) is 22.6 Å². The molecule has 14 heteroatoms. The van der Waals surface area contributed by atoms with Crippen LogP contribution in [0.3, 0.4) is 0 Å². The number of carboxylic acids is 1. The average Bonchev–Trinajstić information content (AvgIpc) is 3.33. The number of hydrogen-bond donors (Lipinski definition) is 2. The Hall–Kier alpha value is -4.37. The van der Waals surface area contributed by atoms with E-state index in [2.05, 4.69) is 10.2 Å². The Bertz CT molecular complexity index is 1710. The summed E-state index contributed by atoms with van der Waals surface area (Å²) in [5.41, 5.74) is 1.83. The SMILES string of the molecule is COc1cc(OCCN2CCOCC2)c(/C=C2\SC(=S)N(CCC(=O)Nc3ccc(C(=O)O)cc3)C2=O)cc1-c1ccc(F)c(F)c1. The van der Waals surface area contributed by atoms with Crippen molar-refractivity contribution < 1.29 is 42.5 Å². The van der Waals surface area contributed by atoms with Crippen molar-refractivity contribution in [3.05, 3.63) is 82.3 Å². The minimum absolute atomic E-state index is 0.0205. The fourth-order valence-electron chi connectivity index (χ4n) is 4.95. The molecule has 47 heavy (non-hydrogen) atoms. The first-order valence-electron chi connectivity index (χ1n) is 14.6. The van der Waals surface area contributed by atoms with Crippen molar-refractivity contribution in [2.75, 3.05) is 58.4 Å². The lowest BCUT2D eigenvalue weighted by molar-refractivity contribution is -0.122. The van der Waals surface area contributed by atoms with Gasteiger partial charge in [-0.25, -0.2) is 13.6 Å². The molecule has 3 aromatic rings. The molecule has 2 fully saturated rings. The summed E-state index contributed by atoms with van der Waals surface area (Å²) < 4.78 is 45.4. The van der Waals surface area contributed by atoms with Crippen LogP contribution in [0.1, 0.15) is 22.3 Å². The fourth-order valence-corrected chi connectivity index (χ4v) is 6.25. The number of thiocarbonyl (C=S) groups is 1. The van der Waals surface area contributed by atoms with Crippen LogP contribution >= 0.6 is 24.0 Å². The lowest BCUT2D eigenvalue weighted by Gasteiger charge is -2.26. The van der Waals surface area contributed by atoms with E-state index < -0.39 is 23.5 Å². The van der Waals surface area contributed by atoms with Gasteiger partial charge in [0.1, 0.15) is 22.4 Å². The molecule has 0 atom stereocenters. The first-order valence-corrected chi connectivity index (χ1v) is 15.8. The van der Waals surface area contributed by atoms with E-state index in [4.69, 9.17) is 31.5 Å². The van der Waals surface area contributed by atoms with E-state index in [0.717, 1.165) is 37.0 Å². The molecule has 10 nitrogen and oxygen atoms in total. The summed E-state index contributed by atoms with van der Waals surface area (Å²) in [7, 11) is 1.46. The molecule has 246 valence electrons. The third-order valence-electron chi connectivity index (χ3n) is 7.47. The number of thioether (sulfide) groups is 1. The number of carbonyl (C=O) groups excluding carboxylic acids is 2. The van der Waals surface area contributed by atoms with Crippen LogP contribution in [0, 0.1) is 11.6 Å². The Morgan fingerprint density at radius 3 is 2.47 bits per heavy atom. The molecule has 2 aliphatic heterocycles. The van der Waals surface area contributed by atoms with Gasteiger partial charge in [0.2, 0.25) is 5.91 Å². The van der Waals surface area contributed by atoms with E-state index in [-0.39, 0.29) is 28.8 Å². The molecule has 2 N–H and O–H groups in total. The summed E-state index contributed by atoms with van der Waals surface area (Å²) in [5, 5.41) is 11.7. The number of hydrogen-bond acceptors (Lipinski definition) is 9. The standard InChI is InChI=1S/C33H31F2N3O7S2/c1-43-28-19-27(45-15-12-37-10-13-44-14-11-37)22(16-24(28)21-4-7-25(34)26(35)17-21)18-29-31(40)38(33(46)47-29)9-8-30(39)36-23-5-2-20(3-6-23)32(41)42/h2-7,16-19H,8-15H2,1H3,(H,36,39)(H,41,42)/b29-18-. The molecule has 0 saturated carbocycles. The molecule has 0 aromatic heterocycles. The Labute approximate surface area is 279 Å². The highest BCUT2D eigenvalue weighted by molar-refractivity contribution is 8.26. The lowest BCUT2D eigenvalue weighted by atomic mass is 10.00. The summed E-state index contributed by atoms with van der Waals surface area (Å²) in [4.78, 5) is 41.0. The topological polar surface area (TPSA) is 118 Å². The predicted molar refractivity (Wildman–Crippen MR) is 178 cm³/mol. The summed E-state index contributed by atoms with van der Waals surface area (Å²) in [6.45, 7) is 3.86. The zero-order valence-electron chi connectivity index (χ0n) is 25.3. The molecular weight excluding hydrogens is 653 g/mol. The van der Waals surface area contributed by atoms with Crippen LogP contribution in [-0.2, 0) is 14.3 Å². The highest BCUT2D eigenvalue weighted by atomic mass is 32.2. The van der Waals surface area contributed by atoms with Crippen molar-refractivity contribution in [3.63, 3.8) is 0 Å². The van der Waals surface area contributed by atoms with Gasteiger partial charge in [0.05, 0.1) is 30.8 Å². The van der Waals surface area contributed by atoms with Gasteiger partial charge in [-0.2, -0.15) is 0 Å². The maximum absolute atomic E-state index is 14.2. The molecule has 0 aliphatic carbocycles. The molecular formula is C33H31F2N3O7S2. The smallest absolute Gasteiger partial charge is 0.335 e. The highest BCUT2D eigenvalue weighted by Gasteiger charge is 2.32. The minimum Gasteiger partial charge on any atom is -0.496 e. The monoisotopic (exact) mass is 683 g/mol. The van der Waals surface area contributed by atoms with Gasteiger partial charge < -0.3 is 24.6 Å². The molecule has 2 heterocycles. The van der Waals surface area contributed by atoms with Gasteiger partial charge >= 0.3 is 5.97 Å². The Balaban J connectivity index is 1.35. The second-order valence-corrected chi connectivity index (χ2v) is 12.2. The number of aromatic carboxylic acids is 1. The molecule has 0 spiro atoms. The van der Waals surface area contributed by atoms with Crippen molar-refractivity contribution in [1.29, 1.82) is 0 Å². The second kappa shape index (κ2) is 15.5. The number of amides is 2. The number of carboxylic acid groups (broad SMARTS) is 1. The molecule has 0 unspecified atom stereocenters. The van der Waals surface area contributed by atoms with E-state index >= 15 is 0 Å². The van der Waals surface area contributed by atoms with Gasteiger partial charge in [0, 0.05) is 55.5 Å². The van der Waals surface area contributed by atoms with Crippen molar-refractivity contribution >= 4 is 57.8 Å². The Morgan fingerprint density at radius 2 is 1.79 bits per heavy atom. The maximum Gasteiger partial charge on any atom is 0.335 e. The van der Waals surface area contributed by atoms with Crippen LogP contribution in [-0.4, -0.2) is 90.1 Å². The van der Waals surface area contributed by atoms with Crippen LogP contribution in [0.25, 0.3) is 17.2 Å². The second-order valence-electron chi connectivity index (χ2n) is 10.5. The van der Waals surface area contributed by atoms with Crippen molar-refractivity contribution in [2.45, 2.75) is 6.42 Å². The third-order valence-corrected chi connectivity index (χ3v) is 8.85. The van der Waals surface area contributed by atoms with Gasteiger partial charge in [-0.05, 0) is 54.1 Å². The first kappa shape index (κ1) is 34.0.